The number of halogens is 2. The first kappa shape index (κ1) is 11.5. The highest BCUT2D eigenvalue weighted by molar-refractivity contribution is 14.1. The highest BCUT2D eigenvalue weighted by Crippen LogP contribution is 2.25. The van der Waals surface area contributed by atoms with Crippen molar-refractivity contribution < 1.29 is 9.50 Å². The van der Waals surface area contributed by atoms with Crippen molar-refractivity contribution in [3.05, 3.63) is 39.3 Å². The summed E-state index contributed by atoms with van der Waals surface area (Å²) in [6, 6.07) is 6.20. The highest BCUT2D eigenvalue weighted by Gasteiger charge is 2.11. The summed E-state index contributed by atoms with van der Waals surface area (Å²) in [5.41, 5.74) is 2.57. The molecular weight excluding hydrogens is 322 g/mol. The molecule has 0 aliphatic heterocycles. The quantitative estimate of drug-likeness (QED) is 0.848. The lowest BCUT2D eigenvalue weighted by Crippen LogP contribution is -1.92. The molecule has 1 aromatic heterocycles. The van der Waals surface area contributed by atoms with Crippen LogP contribution < -0.4 is 0 Å². The molecule has 0 spiro atoms. The third kappa shape index (κ3) is 2.25. The Bertz CT molecular complexity index is 481. The number of aliphatic hydroxyl groups is 1. The van der Waals surface area contributed by atoms with Crippen LogP contribution in [0.15, 0.2) is 24.3 Å². The summed E-state index contributed by atoms with van der Waals surface area (Å²) < 4.78 is 13.7. The summed E-state index contributed by atoms with van der Waals surface area (Å²) in [5.74, 6) is -0.259. The number of benzene rings is 1. The Morgan fingerprint density at radius 2 is 2.00 bits per heavy atom. The molecule has 0 aliphatic rings. The number of H-pyrrole nitrogens is 1. The van der Waals surface area contributed by atoms with Crippen molar-refractivity contribution in [1.29, 1.82) is 0 Å². The predicted molar refractivity (Wildman–Crippen MR) is 67.5 cm³/mol. The second-order valence-electron chi connectivity index (χ2n) is 3.35. The topological polar surface area (TPSA) is 48.9 Å². The smallest absolute Gasteiger partial charge is 0.123 e. The molecule has 0 fully saturated rings. The molecular formula is C11H10FIN2O. The third-order valence-electron chi connectivity index (χ3n) is 2.25. The summed E-state index contributed by atoms with van der Waals surface area (Å²) in [4.78, 5) is 0. The normalized spacial score (nSPS) is 10.7. The molecule has 0 unspecified atom stereocenters. The zero-order chi connectivity index (χ0) is 11.5. The van der Waals surface area contributed by atoms with Crippen LogP contribution >= 0.6 is 22.6 Å². The predicted octanol–water partition coefficient (Wildman–Crippen LogP) is 2.36. The molecule has 5 heteroatoms. The summed E-state index contributed by atoms with van der Waals surface area (Å²) >= 11 is 2.17. The van der Waals surface area contributed by atoms with E-state index in [1.165, 1.54) is 12.1 Å². The van der Waals surface area contributed by atoms with Crippen LogP contribution in [0.3, 0.4) is 0 Å². The fraction of sp³-hybridized carbons (Fsp3) is 0.182. The fourth-order valence-corrected chi connectivity index (χ4v) is 2.26. The standard InChI is InChI=1S/C11H10FIN2O/c12-8-3-1-7(2-4-8)11-10(13)9(5-6-16)14-15-11/h1-4,16H,5-6H2,(H,14,15). The number of nitrogens with zero attached hydrogens (tertiary/aromatic N) is 1. The molecule has 0 saturated carbocycles. The first-order valence-electron chi connectivity index (χ1n) is 4.82. The maximum atomic E-state index is 12.8. The Morgan fingerprint density at radius 3 is 2.62 bits per heavy atom. The van der Waals surface area contributed by atoms with Crippen LogP contribution in [0.4, 0.5) is 4.39 Å². The Morgan fingerprint density at radius 1 is 1.31 bits per heavy atom. The van der Waals surface area contributed by atoms with Crippen molar-refractivity contribution in [2.75, 3.05) is 6.61 Å². The van der Waals surface area contributed by atoms with Gasteiger partial charge >= 0.3 is 0 Å². The largest absolute Gasteiger partial charge is 0.396 e. The van der Waals surface area contributed by atoms with Crippen molar-refractivity contribution in [3.8, 4) is 11.3 Å². The van der Waals surface area contributed by atoms with Crippen molar-refractivity contribution in [2.45, 2.75) is 6.42 Å². The van der Waals surface area contributed by atoms with E-state index in [4.69, 9.17) is 5.11 Å². The summed E-state index contributed by atoms with van der Waals surface area (Å²) in [6.45, 7) is 0.0844. The lowest BCUT2D eigenvalue weighted by molar-refractivity contribution is 0.298. The number of aromatic nitrogens is 2. The van der Waals surface area contributed by atoms with Crippen LogP contribution in [0, 0.1) is 9.39 Å². The Balaban J connectivity index is 2.37. The van der Waals surface area contributed by atoms with Crippen LogP contribution in [0.25, 0.3) is 11.3 Å². The first-order chi connectivity index (χ1) is 7.72. The summed E-state index contributed by atoms with van der Waals surface area (Å²) in [6.07, 6.45) is 0.548. The molecule has 3 nitrogen and oxygen atoms in total. The van der Waals surface area contributed by atoms with Gasteiger partial charge in [0.05, 0.1) is 9.26 Å². The number of hydrogen-bond donors (Lipinski definition) is 2. The van der Waals surface area contributed by atoms with Crippen LogP contribution in [0.2, 0.25) is 0 Å². The Hall–Kier alpha value is -0.950. The van der Waals surface area contributed by atoms with Gasteiger partial charge in [-0.2, -0.15) is 5.10 Å². The molecule has 0 radical (unpaired) electrons. The molecule has 2 N–H and O–H groups in total. The van der Waals surface area contributed by atoms with E-state index in [-0.39, 0.29) is 12.4 Å². The van der Waals surface area contributed by atoms with Gasteiger partial charge in [0.15, 0.2) is 0 Å². The second-order valence-corrected chi connectivity index (χ2v) is 4.42. The number of aromatic amines is 1. The Labute approximate surface area is 106 Å². The molecule has 0 bridgehead atoms. The number of nitrogens with one attached hydrogen (secondary N) is 1. The molecule has 2 rings (SSSR count). The first-order valence-corrected chi connectivity index (χ1v) is 5.90. The van der Waals surface area contributed by atoms with Gasteiger partial charge in [0.2, 0.25) is 0 Å². The number of rotatable bonds is 3. The average Bonchev–Trinajstić information content (AvgIpc) is 2.63. The van der Waals surface area contributed by atoms with Crippen LogP contribution in [0.5, 0.6) is 0 Å². The lowest BCUT2D eigenvalue weighted by atomic mass is 10.1. The minimum Gasteiger partial charge on any atom is -0.396 e. The van der Waals surface area contributed by atoms with E-state index in [9.17, 15) is 4.39 Å². The van der Waals surface area contributed by atoms with E-state index in [2.05, 4.69) is 32.8 Å². The molecule has 0 amide bonds. The van der Waals surface area contributed by atoms with Gasteiger partial charge in [0.25, 0.3) is 0 Å². The highest BCUT2D eigenvalue weighted by atomic mass is 127. The van der Waals surface area contributed by atoms with Crippen LogP contribution in [-0.4, -0.2) is 21.9 Å². The zero-order valence-corrected chi connectivity index (χ0v) is 10.5. The van der Waals surface area contributed by atoms with Gasteiger partial charge in [-0.25, -0.2) is 4.39 Å². The second kappa shape index (κ2) is 4.92. The third-order valence-corrected chi connectivity index (χ3v) is 3.42. The van der Waals surface area contributed by atoms with Crippen molar-refractivity contribution in [2.24, 2.45) is 0 Å². The average molecular weight is 332 g/mol. The van der Waals surface area contributed by atoms with Crippen molar-refractivity contribution in [3.63, 3.8) is 0 Å². The van der Waals surface area contributed by atoms with Gasteiger partial charge in [0, 0.05) is 18.6 Å². The van der Waals surface area contributed by atoms with Crippen LogP contribution in [0.1, 0.15) is 5.69 Å². The molecule has 0 aliphatic carbocycles. The van der Waals surface area contributed by atoms with Gasteiger partial charge in [0.1, 0.15) is 11.5 Å². The van der Waals surface area contributed by atoms with E-state index < -0.39 is 0 Å². The SMILES string of the molecule is OCCc1[nH]nc(-c2ccc(F)cc2)c1I. The zero-order valence-electron chi connectivity index (χ0n) is 8.37. The molecule has 2 aromatic rings. The van der Waals surface area contributed by atoms with Gasteiger partial charge in [-0.05, 0) is 46.9 Å². The minimum absolute atomic E-state index is 0.0844. The number of aliphatic hydroxyl groups excluding tert-OH is 1. The van der Waals surface area contributed by atoms with E-state index in [0.717, 1.165) is 20.5 Å². The van der Waals surface area contributed by atoms with Crippen LogP contribution in [-0.2, 0) is 6.42 Å². The van der Waals surface area contributed by atoms with Gasteiger partial charge in [-0.15, -0.1) is 0 Å². The van der Waals surface area contributed by atoms with E-state index in [1.807, 2.05) is 0 Å². The maximum absolute atomic E-state index is 12.8. The summed E-state index contributed by atoms with van der Waals surface area (Å²) in [7, 11) is 0. The molecule has 0 atom stereocenters. The Kier molecular flexibility index (Phi) is 3.55. The fourth-order valence-electron chi connectivity index (χ4n) is 1.44. The van der Waals surface area contributed by atoms with Crippen molar-refractivity contribution in [1.82, 2.24) is 10.2 Å². The minimum atomic E-state index is -0.259. The molecule has 0 saturated heterocycles. The number of hydrogen-bond acceptors (Lipinski definition) is 2. The van der Waals surface area contributed by atoms with Gasteiger partial charge < -0.3 is 5.11 Å². The van der Waals surface area contributed by atoms with E-state index >= 15 is 0 Å². The van der Waals surface area contributed by atoms with E-state index in [0.29, 0.717) is 6.42 Å². The molecule has 1 heterocycles. The van der Waals surface area contributed by atoms with E-state index in [1.54, 1.807) is 12.1 Å². The van der Waals surface area contributed by atoms with Gasteiger partial charge in [-0.3, -0.25) is 5.10 Å². The molecule has 84 valence electrons. The lowest BCUT2D eigenvalue weighted by Gasteiger charge is -1.98. The molecule has 16 heavy (non-hydrogen) atoms. The summed E-state index contributed by atoms with van der Waals surface area (Å²) in [5, 5.41) is 15.9. The molecule has 1 aromatic carbocycles. The van der Waals surface area contributed by atoms with Crippen molar-refractivity contribution >= 4 is 22.6 Å². The van der Waals surface area contributed by atoms with Gasteiger partial charge in [-0.1, -0.05) is 0 Å². The maximum Gasteiger partial charge on any atom is 0.123 e. The monoisotopic (exact) mass is 332 g/mol.